The summed E-state index contributed by atoms with van der Waals surface area (Å²) in [6.45, 7) is 0.260. The zero-order chi connectivity index (χ0) is 18.7. The molecular weight excluding hydrogens is 334 g/mol. The fraction of sp³-hybridized carbons (Fsp3) is 0.211. The van der Waals surface area contributed by atoms with Crippen LogP contribution < -0.4 is 20.7 Å². The van der Waals surface area contributed by atoms with E-state index in [9.17, 15) is 14.4 Å². The van der Waals surface area contributed by atoms with Crippen LogP contribution in [0.3, 0.4) is 0 Å². The van der Waals surface area contributed by atoms with Crippen LogP contribution >= 0.6 is 0 Å². The van der Waals surface area contributed by atoms with E-state index in [0.717, 1.165) is 0 Å². The maximum absolute atomic E-state index is 12.6. The molecule has 2 aromatic carbocycles. The number of hydrogen-bond donors (Lipinski definition) is 2. The molecule has 1 fully saturated rings. The molecule has 134 valence electrons. The van der Waals surface area contributed by atoms with Crippen molar-refractivity contribution in [2.45, 2.75) is 6.42 Å². The second kappa shape index (κ2) is 7.26. The van der Waals surface area contributed by atoms with Crippen molar-refractivity contribution in [3.8, 4) is 5.75 Å². The number of hydrogen-bond acceptors (Lipinski definition) is 4. The Hall–Kier alpha value is -3.35. The Labute approximate surface area is 150 Å². The molecule has 0 spiro atoms. The van der Waals surface area contributed by atoms with Crippen molar-refractivity contribution in [1.29, 1.82) is 0 Å². The van der Waals surface area contributed by atoms with Crippen molar-refractivity contribution in [2.24, 2.45) is 11.7 Å². The Morgan fingerprint density at radius 1 is 1.19 bits per heavy atom. The third-order valence-electron chi connectivity index (χ3n) is 4.31. The average Bonchev–Trinajstić information content (AvgIpc) is 3.04. The van der Waals surface area contributed by atoms with Crippen LogP contribution in [0.5, 0.6) is 5.75 Å². The van der Waals surface area contributed by atoms with Crippen molar-refractivity contribution in [2.75, 3.05) is 23.9 Å². The highest BCUT2D eigenvalue weighted by Crippen LogP contribution is 2.28. The second-order valence-corrected chi connectivity index (χ2v) is 6.01. The summed E-state index contributed by atoms with van der Waals surface area (Å²) in [6.07, 6.45) is 0.0990. The van der Waals surface area contributed by atoms with E-state index < -0.39 is 11.8 Å². The number of carbonyl (C=O) groups excluding carboxylic acids is 3. The number of benzene rings is 2. The molecule has 0 aromatic heterocycles. The first-order valence-corrected chi connectivity index (χ1v) is 8.13. The van der Waals surface area contributed by atoms with Gasteiger partial charge in [0.15, 0.2) is 0 Å². The van der Waals surface area contributed by atoms with Gasteiger partial charge in [-0.1, -0.05) is 18.2 Å². The summed E-state index contributed by atoms with van der Waals surface area (Å²) in [5, 5.41) is 2.71. The molecule has 1 atom stereocenters. The van der Waals surface area contributed by atoms with Gasteiger partial charge < -0.3 is 20.7 Å². The van der Waals surface area contributed by atoms with Crippen LogP contribution in [0.15, 0.2) is 48.5 Å². The summed E-state index contributed by atoms with van der Waals surface area (Å²) in [7, 11) is 1.55. The number of primary amides is 1. The van der Waals surface area contributed by atoms with Crippen LogP contribution in [0.25, 0.3) is 0 Å². The normalized spacial score (nSPS) is 16.4. The summed E-state index contributed by atoms with van der Waals surface area (Å²) < 4.78 is 5.18. The molecule has 26 heavy (non-hydrogen) atoms. The van der Waals surface area contributed by atoms with E-state index >= 15 is 0 Å². The zero-order valence-corrected chi connectivity index (χ0v) is 14.3. The molecule has 1 saturated heterocycles. The molecule has 3 amide bonds. The minimum atomic E-state index is -0.624. The van der Waals surface area contributed by atoms with Crippen LogP contribution in [0.2, 0.25) is 0 Å². The highest BCUT2D eigenvalue weighted by atomic mass is 16.5. The van der Waals surface area contributed by atoms with Crippen molar-refractivity contribution < 1.29 is 19.1 Å². The van der Waals surface area contributed by atoms with Crippen molar-refractivity contribution in [1.82, 2.24) is 0 Å². The topological polar surface area (TPSA) is 102 Å². The largest absolute Gasteiger partial charge is 0.497 e. The number of amides is 3. The molecule has 0 saturated carbocycles. The fourth-order valence-corrected chi connectivity index (χ4v) is 2.95. The predicted octanol–water partition coefficient (Wildman–Crippen LogP) is 1.79. The van der Waals surface area contributed by atoms with Gasteiger partial charge in [-0.3, -0.25) is 14.4 Å². The minimum absolute atomic E-state index is 0.0990. The smallest absolute Gasteiger partial charge is 0.250 e. The van der Waals surface area contributed by atoms with E-state index in [4.69, 9.17) is 10.5 Å². The molecule has 3 N–H and O–H groups in total. The van der Waals surface area contributed by atoms with Crippen LogP contribution in [-0.4, -0.2) is 31.4 Å². The van der Waals surface area contributed by atoms with Gasteiger partial charge >= 0.3 is 0 Å². The SMILES string of the molecule is COc1cccc(N2C[C@@H](C(=O)Nc3ccccc3C(N)=O)CC2=O)c1. The summed E-state index contributed by atoms with van der Waals surface area (Å²) in [5.41, 5.74) is 6.59. The average molecular weight is 353 g/mol. The Balaban J connectivity index is 1.74. The third-order valence-corrected chi connectivity index (χ3v) is 4.31. The van der Waals surface area contributed by atoms with Crippen molar-refractivity contribution >= 4 is 29.1 Å². The highest BCUT2D eigenvalue weighted by molar-refractivity contribution is 6.06. The molecule has 1 aliphatic rings. The molecule has 0 aliphatic carbocycles. The quantitative estimate of drug-likeness (QED) is 0.855. The lowest BCUT2D eigenvalue weighted by Crippen LogP contribution is -2.28. The van der Waals surface area contributed by atoms with Crippen LogP contribution in [0.1, 0.15) is 16.8 Å². The van der Waals surface area contributed by atoms with Crippen LogP contribution in [-0.2, 0) is 9.59 Å². The van der Waals surface area contributed by atoms with Gasteiger partial charge in [-0.15, -0.1) is 0 Å². The van der Waals surface area contributed by atoms with Gasteiger partial charge in [0.25, 0.3) is 5.91 Å². The summed E-state index contributed by atoms with van der Waals surface area (Å²) in [5.74, 6) is -0.964. The molecule has 0 radical (unpaired) electrons. The van der Waals surface area contributed by atoms with Gasteiger partial charge in [0.2, 0.25) is 11.8 Å². The lowest BCUT2D eigenvalue weighted by atomic mass is 10.1. The first-order chi connectivity index (χ1) is 12.5. The Kier molecular flexibility index (Phi) is 4.88. The number of nitrogens with zero attached hydrogens (tertiary/aromatic N) is 1. The lowest BCUT2D eigenvalue weighted by Gasteiger charge is -2.17. The first kappa shape index (κ1) is 17.5. The summed E-state index contributed by atoms with van der Waals surface area (Å²) >= 11 is 0. The van der Waals surface area contributed by atoms with Gasteiger partial charge in [0, 0.05) is 24.7 Å². The maximum atomic E-state index is 12.6. The molecule has 7 heteroatoms. The maximum Gasteiger partial charge on any atom is 0.250 e. The van der Waals surface area contributed by atoms with Crippen molar-refractivity contribution in [3.63, 3.8) is 0 Å². The molecule has 2 aromatic rings. The van der Waals surface area contributed by atoms with E-state index in [-0.39, 0.29) is 30.3 Å². The number of anilines is 2. The number of nitrogens with one attached hydrogen (secondary N) is 1. The molecule has 0 bridgehead atoms. The van der Waals surface area contributed by atoms with Crippen LogP contribution in [0.4, 0.5) is 11.4 Å². The fourth-order valence-electron chi connectivity index (χ4n) is 2.95. The van der Waals surface area contributed by atoms with Gasteiger partial charge in [0.1, 0.15) is 5.75 Å². The number of para-hydroxylation sites is 1. The third kappa shape index (κ3) is 3.51. The predicted molar refractivity (Wildman–Crippen MR) is 97.0 cm³/mol. The van der Waals surface area contributed by atoms with Gasteiger partial charge in [0.05, 0.1) is 24.3 Å². The minimum Gasteiger partial charge on any atom is -0.497 e. The molecule has 1 aliphatic heterocycles. The highest BCUT2D eigenvalue weighted by Gasteiger charge is 2.35. The lowest BCUT2D eigenvalue weighted by molar-refractivity contribution is -0.122. The Morgan fingerprint density at radius 3 is 2.69 bits per heavy atom. The van der Waals surface area contributed by atoms with E-state index in [1.165, 1.54) is 0 Å². The standard InChI is InChI=1S/C19H19N3O4/c1-26-14-6-4-5-13(10-14)22-11-12(9-17(22)23)19(25)21-16-8-3-2-7-15(16)18(20)24/h2-8,10,12H,9,11H2,1H3,(H2,20,24)(H,21,25)/t12-/m0/s1. The van der Waals surface area contributed by atoms with Crippen LogP contribution in [0, 0.1) is 5.92 Å². The van der Waals surface area contributed by atoms with E-state index in [2.05, 4.69) is 5.32 Å². The molecule has 7 nitrogen and oxygen atoms in total. The van der Waals surface area contributed by atoms with Gasteiger partial charge in [-0.2, -0.15) is 0 Å². The van der Waals surface area contributed by atoms with Crippen molar-refractivity contribution in [3.05, 3.63) is 54.1 Å². The first-order valence-electron chi connectivity index (χ1n) is 8.13. The zero-order valence-electron chi connectivity index (χ0n) is 14.3. The molecular formula is C19H19N3O4. The van der Waals surface area contributed by atoms with E-state index in [1.54, 1.807) is 60.5 Å². The Morgan fingerprint density at radius 2 is 1.96 bits per heavy atom. The molecule has 3 rings (SSSR count). The number of carbonyl (C=O) groups is 3. The van der Waals surface area contributed by atoms with E-state index in [0.29, 0.717) is 17.1 Å². The number of ether oxygens (including phenoxy) is 1. The number of methoxy groups -OCH3 is 1. The van der Waals surface area contributed by atoms with E-state index in [1.807, 2.05) is 0 Å². The Bertz CT molecular complexity index is 865. The summed E-state index contributed by atoms with van der Waals surface area (Å²) in [4.78, 5) is 37.9. The monoisotopic (exact) mass is 353 g/mol. The summed E-state index contributed by atoms with van der Waals surface area (Å²) in [6, 6.07) is 13.6. The van der Waals surface area contributed by atoms with Gasteiger partial charge in [-0.05, 0) is 24.3 Å². The second-order valence-electron chi connectivity index (χ2n) is 6.01. The molecule has 1 heterocycles. The number of nitrogens with two attached hydrogens (primary N) is 1. The number of rotatable bonds is 5. The van der Waals surface area contributed by atoms with Gasteiger partial charge in [-0.25, -0.2) is 0 Å². The molecule has 0 unspecified atom stereocenters.